The first kappa shape index (κ1) is 25.2. The van der Waals surface area contributed by atoms with Gasteiger partial charge in [0.15, 0.2) is 18.2 Å². The summed E-state index contributed by atoms with van der Waals surface area (Å²) in [7, 11) is 0. The fourth-order valence-corrected chi connectivity index (χ4v) is 6.62. The molecule has 5 fully saturated rings. The third kappa shape index (κ3) is 4.58. The summed E-state index contributed by atoms with van der Waals surface area (Å²) in [6, 6.07) is 5.17. The van der Waals surface area contributed by atoms with Gasteiger partial charge in [0, 0.05) is 35.5 Å². The van der Waals surface area contributed by atoms with Crippen LogP contribution in [-0.2, 0) is 24.0 Å². The quantitative estimate of drug-likeness (QED) is 0.396. The standard InChI is InChI=1S/C26H37ClN2O6/c1-15-9-10-19-16(2)22(32-23-26(19)18(15)11-12-25(4,33-23)34-35-26)31-14-6-13-28-24(30)29-21-8-5-7-20(27)17(21)3/h5,7-8,15-16,18-19,22-23H,6,9-14H2,1-4H3,(H2,28,29,30)/t15-,16-,18+,19+,22-,23-,25+,26-/m1/s1. The molecule has 4 saturated heterocycles. The molecule has 6 rings (SSSR count). The van der Waals surface area contributed by atoms with Gasteiger partial charge in [-0.3, -0.25) is 0 Å². The van der Waals surface area contributed by atoms with Gasteiger partial charge in [0.1, 0.15) is 0 Å². The fourth-order valence-electron chi connectivity index (χ4n) is 6.45. The summed E-state index contributed by atoms with van der Waals surface area (Å²) in [5, 5.41) is 6.33. The van der Waals surface area contributed by atoms with Gasteiger partial charge in [-0.2, -0.15) is 0 Å². The summed E-state index contributed by atoms with van der Waals surface area (Å²) < 4.78 is 19.0. The highest BCUT2D eigenvalue weighted by atomic mass is 35.5. The highest BCUT2D eigenvalue weighted by Crippen LogP contribution is 2.60. The predicted octanol–water partition coefficient (Wildman–Crippen LogP) is 5.38. The number of nitrogens with one attached hydrogen (secondary N) is 2. The van der Waals surface area contributed by atoms with Crippen LogP contribution in [0.4, 0.5) is 10.5 Å². The van der Waals surface area contributed by atoms with Crippen LogP contribution in [0.5, 0.6) is 0 Å². The Labute approximate surface area is 212 Å². The van der Waals surface area contributed by atoms with Gasteiger partial charge >= 0.3 is 6.03 Å². The van der Waals surface area contributed by atoms with E-state index >= 15 is 0 Å². The Kier molecular flexibility index (Phi) is 7.07. The van der Waals surface area contributed by atoms with Crippen molar-refractivity contribution in [1.82, 2.24) is 5.32 Å². The zero-order valence-electron chi connectivity index (χ0n) is 21.0. The highest BCUT2D eigenvalue weighted by Gasteiger charge is 2.69. The molecule has 2 bridgehead atoms. The lowest BCUT2D eigenvalue weighted by Gasteiger charge is -2.60. The summed E-state index contributed by atoms with van der Waals surface area (Å²) in [5.74, 6) is 0.451. The minimum absolute atomic E-state index is 0.137. The van der Waals surface area contributed by atoms with E-state index in [-0.39, 0.29) is 24.2 Å². The smallest absolute Gasteiger partial charge is 0.319 e. The Balaban J connectivity index is 1.15. The van der Waals surface area contributed by atoms with E-state index in [4.69, 9.17) is 35.6 Å². The van der Waals surface area contributed by atoms with E-state index in [1.165, 1.54) is 0 Å². The van der Waals surface area contributed by atoms with E-state index in [9.17, 15) is 4.79 Å². The molecular weight excluding hydrogens is 472 g/mol. The molecule has 35 heavy (non-hydrogen) atoms. The maximum atomic E-state index is 12.3. The van der Waals surface area contributed by atoms with Crippen LogP contribution < -0.4 is 10.6 Å². The first-order chi connectivity index (χ1) is 16.7. The van der Waals surface area contributed by atoms with Crippen LogP contribution in [0.25, 0.3) is 0 Å². The second-order valence-electron chi connectivity index (χ2n) is 10.8. The number of ether oxygens (including phenoxy) is 3. The molecule has 1 aromatic rings. The molecule has 9 heteroatoms. The average molecular weight is 509 g/mol. The molecule has 2 amide bonds. The maximum absolute atomic E-state index is 12.3. The molecule has 8 atom stereocenters. The van der Waals surface area contributed by atoms with Gasteiger partial charge < -0.3 is 24.8 Å². The minimum atomic E-state index is -0.790. The zero-order valence-corrected chi connectivity index (χ0v) is 21.7. The van der Waals surface area contributed by atoms with Crippen molar-refractivity contribution in [3.8, 4) is 0 Å². The van der Waals surface area contributed by atoms with E-state index < -0.39 is 17.7 Å². The van der Waals surface area contributed by atoms with Crippen molar-refractivity contribution in [3.63, 3.8) is 0 Å². The maximum Gasteiger partial charge on any atom is 0.319 e. The van der Waals surface area contributed by atoms with Crippen LogP contribution in [0.2, 0.25) is 5.02 Å². The number of carbonyl (C=O) groups excluding carboxylic acids is 1. The zero-order chi connectivity index (χ0) is 24.8. The Bertz CT molecular complexity index is 948. The van der Waals surface area contributed by atoms with Crippen LogP contribution >= 0.6 is 11.6 Å². The fraction of sp³-hybridized carbons (Fsp3) is 0.731. The van der Waals surface area contributed by atoms with Gasteiger partial charge in [0.05, 0.1) is 6.61 Å². The van der Waals surface area contributed by atoms with Crippen molar-refractivity contribution < 1.29 is 28.8 Å². The molecular formula is C26H37ClN2O6. The summed E-state index contributed by atoms with van der Waals surface area (Å²) >= 11 is 6.12. The van der Waals surface area contributed by atoms with Gasteiger partial charge in [0.25, 0.3) is 0 Å². The van der Waals surface area contributed by atoms with E-state index in [0.717, 1.165) is 31.2 Å². The summed E-state index contributed by atoms with van der Waals surface area (Å²) in [6.45, 7) is 9.23. The largest absolute Gasteiger partial charge is 0.352 e. The Hall–Kier alpha value is -1.42. The molecule has 1 spiro atoms. The lowest BCUT2D eigenvalue weighted by Crippen LogP contribution is -2.70. The summed E-state index contributed by atoms with van der Waals surface area (Å²) in [6.07, 6.45) is 3.76. The van der Waals surface area contributed by atoms with E-state index in [1.54, 1.807) is 6.07 Å². The third-order valence-corrected chi connectivity index (χ3v) is 8.91. The first-order valence-corrected chi connectivity index (χ1v) is 13.2. The summed E-state index contributed by atoms with van der Waals surface area (Å²) in [4.78, 5) is 24.3. The number of hydrogen-bond acceptors (Lipinski definition) is 6. The number of hydrogen-bond donors (Lipinski definition) is 2. The van der Waals surface area contributed by atoms with E-state index in [0.29, 0.717) is 42.1 Å². The molecule has 1 saturated carbocycles. The Morgan fingerprint density at radius 3 is 2.86 bits per heavy atom. The molecule has 8 nitrogen and oxygen atoms in total. The predicted molar refractivity (Wildman–Crippen MR) is 131 cm³/mol. The molecule has 4 heterocycles. The van der Waals surface area contributed by atoms with Crippen molar-refractivity contribution >= 4 is 23.3 Å². The molecule has 2 N–H and O–H groups in total. The molecule has 1 aromatic carbocycles. The number of carbonyl (C=O) groups is 1. The molecule has 0 radical (unpaired) electrons. The monoisotopic (exact) mass is 508 g/mol. The molecule has 0 aromatic heterocycles. The number of urea groups is 1. The highest BCUT2D eigenvalue weighted by molar-refractivity contribution is 6.31. The number of halogens is 1. The van der Waals surface area contributed by atoms with Gasteiger partial charge in [-0.1, -0.05) is 31.5 Å². The van der Waals surface area contributed by atoms with Crippen LogP contribution in [0.3, 0.4) is 0 Å². The first-order valence-electron chi connectivity index (χ1n) is 12.9. The number of amides is 2. The summed E-state index contributed by atoms with van der Waals surface area (Å²) in [5.41, 5.74) is 0.957. The van der Waals surface area contributed by atoms with Crippen LogP contribution in [0.1, 0.15) is 58.4 Å². The third-order valence-electron chi connectivity index (χ3n) is 8.50. The van der Waals surface area contributed by atoms with Crippen molar-refractivity contribution in [2.24, 2.45) is 23.7 Å². The molecule has 1 aliphatic carbocycles. The Morgan fingerprint density at radius 2 is 2.03 bits per heavy atom. The number of fused-ring (bicyclic) bond motifs is 2. The van der Waals surface area contributed by atoms with Crippen molar-refractivity contribution in [3.05, 3.63) is 28.8 Å². The topological polar surface area (TPSA) is 87.3 Å². The molecule has 4 aliphatic heterocycles. The van der Waals surface area contributed by atoms with Crippen LogP contribution in [-0.4, -0.2) is 43.2 Å². The lowest BCUT2D eigenvalue weighted by atomic mass is 9.58. The van der Waals surface area contributed by atoms with E-state index in [1.807, 2.05) is 26.0 Å². The molecule has 5 aliphatic rings. The van der Waals surface area contributed by atoms with Gasteiger partial charge in [-0.25, -0.2) is 14.6 Å². The van der Waals surface area contributed by atoms with Crippen molar-refractivity contribution in [2.75, 3.05) is 18.5 Å². The van der Waals surface area contributed by atoms with Crippen molar-refractivity contribution in [1.29, 1.82) is 0 Å². The van der Waals surface area contributed by atoms with E-state index in [2.05, 4.69) is 24.5 Å². The molecule has 0 unspecified atom stereocenters. The number of anilines is 1. The van der Waals surface area contributed by atoms with Crippen molar-refractivity contribution in [2.45, 2.75) is 83.8 Å². The number of rotatable bonds is 6. The number of benzene rings is 1. The van der Waals surface area contributed by atoms with Gasteiger partial charge in [0.2, 0.25) is 5.79 Å². The van der Waals surface area contributed by atoms with Gasteiger partial charge in [-0.05, 0) is 69.1 Å². The van der Waals surface area contributed by atoms with Crippen LogP contribution in [0.15, 0.2) is 18.2 Å². The Morgan fingerprint density at radius 1 is 1.20 bits per heavy atom. The minimum Gasteiger partial charge on any atom is -0.352 e. The lowest BCUT2D eigenvalue weighted by molar-refractivity contribution is -0.577. The second-order valence-corrected chi connectivity index (χ2v) is 11.2. The SMILES string of the molecule is Cc1c(Cl)cccc1NC(=O)NCCCO[C@@H]1O[C@@H]2O[C@]3(C)CC[C@H]4[C@H](C)CC[C@@H]([C@H]1C)[C@@]24OO3. The van der Waals surface area contributed by atoms with Crippen LogP contribution in [0, 0.1) is 30.6 Å². The van der Waals surface area contributed by atoms with Gasteiger partial charge in [-0.15, -0.1) is 0 Å². The normalized spacial score (nSPS) is 40.0. The average Bonchev–Trinajstić information content (AvgIpc) is 3.05. The second kappa shape index (κ2) is 9.80. The molecule has 194 valence electrons.